The molecule has 1 aromatic carbocycles. The molecule has 0 unspecified atom stereocenters. The van der Waals surface area contributed by atoms with Crippen LogP contribution in [-0.2, 0) is 16.6 Å². The zero-order valence-electron chi connectivity index (χ0n) is 12.9. The molecular weight excluding hydrogens is 330 g/mol. The third-order valence-electron chi connectivity index (χ3n) is 3.53. The van der Waals surface area contributed by atoms with E-state index in [1.165, 1.54) is 18.4 Å². The number of nitrogens with one attached hydrogen (secondary N) is 1. The smallest absolute Gasteiger partial charge is 0.242 e. The summed E-state index contributed by atoms with van der Waals surface area (Å²) in [6, 6.07) is 10.9. The molecule has 0 bridgehead atoms. The predicted molar refractivity (Wildman–Crippen MR) is 94.3 cm³/mol. The normalized spacial score (nSPS) is 12.0. The Morgan fingerprint density at radius 1 is 1.13 bits per heavy atom. The Balaban J connectivity index is 1.76. The number of sulfonamides is 1. The second-order valence-electron chi connectivity index (χ2n) is 5.28. The highest BCUT2D eigenvalue weighted by atomic mass is 32.2. The molecule has 0 spiro atoms. The molecule has 1 N–H and O–H groups in total. The number of aromatic nitrogens is 1. The summed E-state index contributed by atoms with van der Waals surface area (Å²) in [5, 5.41) is 5.40. The van der Waals surface area contributed by atoms with Crippen LogP contribution in [0.15, 0.2) is 52.9 Å². The van der Waals surface area contributed by atoms with E-state index in [9.17, 15) is 8.42 Å². The van der Waals surface area contributed by atoms with Crippen molar-refractivity contribution in [2.24, 2.45) is 0 Å². The van der Waals surface area contributed by atoms with Gasteiger partial charge in [-0.2, -0.15) is 0 Å². The zero-order valence-corrected chi connectivity index (χ0v) is 14.5. The van der Waals surface area contributed by atoms with Gasteiger partial charge < -0.3 is 5.32 Å². The summed E-state index contributed by atoms with van der Waals surface area (Å²) in [6.45, 7) is 0.624. The lowest BCUT2D eigenvalue weighted by molar-refractivity contribution is 0.520. The van der Waals surface area contributed by atoms with Crippen LogP contribution in [0.3, 0.4) is 0 Å². The van der Waals surface area contributed by atoms with Gasteiger partial charge in [0, 0.05) is 26.8 Å². The lowest BCUT2D eigenvalue weighted by atomic mass is 10.2. The van der Waals surface area contributed by atoms with Crippen molar-refractivity contribution < 1.29 is 8.42 Å². The molecule has 0 aliphatic rings. The minimum atomic E-state index is -3.38. The summed E-state index contributed by atoms with van der Waals surface area (Å²) in [5.74, 6) is 0. The highest BCUT2D eigenvalue weighted by Gasteiger charge is 2.16. The largest absolute Gasteiger partial charge is 0.380 e. The minimum Gasteiger partial charge on any atom is -0.380 e. The number of anilines is 1. The Bertz CT molecular complexity index is 916. The standard InChI is InChI=1S/C16H17N3O2S2/c1-19(2)23(20,21)13-5-3-12(4-6-13)11-18-14-7-9-17-15-8-10-22-16(14)15/h3-10H,11H2,1-2H3,(H,17,18). The summed E-state index contributed by atoms with van der Waals surface area (Å²) in [7, 11) is -0.319. The van der Waals surface area contributed by atoms with Crippen molar-refractivity contribution >= 4 is 37.3 Å². The minimum absolute atomic E-state index is 0.302. The molecule has 7 heteroatoms. The number of pyridine rings is 1. The molecule has 0 saturated carbocycles. The fourth-order valence-electron chi connectivity index (χ4n) is 2.20. The Labute approximate surface area is 139 Å². The number of hydrogen-bond donors (Lipinski definition) is 1. The molecule has 5 nitrogen and oxygen atoms in total. The maximum absolute atomic E-state index is 12.0. The van der Waals surface area contributed by atoms with Crippen molar-refractivity contribution in [1.29, 1.82) is 0 Å². The first kappa shape index (κ1) is 15.9. The second kappa shape index (κ2) is 6.27. The highest BCUT2D eigenvalue weighted by molar-refractivity contribution is 7.89. The van der Waals surface area contributed by atoms with Gasteiger partial charge in [-0.3, -0.25) is 4.98 Å². The number of rotatable bonds is 5. The van der Waals surface area contributed by atoms with Gasteiger partial charge in [0.1, 0.15) is 0 Å². The number of thiophene rings is 1. The van der Waals surface area contributed by atoms with Crippen molar-refractivity contribution in [3.05, 3.63) is 53.5 Å². The first-order valence-corrected chi connectivity index (χ1v) is 9.38. The van der Waals surface area contributed by atoms with E-state index in [1.807, 2.05) is 29.6 Å². The quantitative estimate of drug-likeness (QED) is 0.770. The first-order valence-electron chi connectivity index (χ1n) is 7.06. The van der Waals surface area contributed by atoms with Crippen LogP contribution in [0.4, 0.5) is 5.69 Å². The fourth-order valence-corrected chi connectivity index (χ4v) is 3.94. The predicted octanol–water partition coefficient (Wildman–Crippen LogP) is 3.16. The summed E-state index contributed by atoms with van der Waals surface area (Å²) in [4.78, 5) is 4.61. The summed E-state index contributed by atoms with van der Waals surface area (Å²) < 4.78 is 26.4. The van der Waals surface area contributed by atoms with E-state index in [-0.39, 0.29) is 0 Å². The van der Waals surface area contributed by atoms with E-state index < -0.39 is 10.0 Å². The molecule has 0 aliphatic carbocycles. The van der Waals surface area contributed by atoms with Crippen molar-refractivity contribution in [3.63, 3.8) is 0 Å². The number of nitrogens with zero attached hydrogens (tertiary/aromatic N) is 2. The van der Waals surface area contributed by atoms with E-state index in [4.69, 9.17) is 0 Å². The monoisotopic (exact) mass is 347 g/mol. The van der Waals surface area contributed by atoms with E-state index in [0.29, 0.717) is 11.4 Å². The van der Waals surface area contributed by atoms with Crippen LogP contribution < -0.4 is 5.32 Å². The van der Waals surface area contributed by atoms with E-state index in [0.717, 1.165) is 21.5 Å². The summed E-state index contributed by atoms with van der Waals surface area (Å²) in [5.41, 5.74) is 3.03. The van der Waals surface area contributed by atoms with Gasteiger partial charge >= 0.3 is 0 Å². The van der Waals surface area contributed by atoms with Gasteiger partial charge in [-0.25, -0.2) is 12.7 Å². The van der Waals surface area contributed by atoms with Crippen molar-refractivity contribution in [3.8, 4) is 0 Å². The van der Waals surface area contributed by atoms with E-state index >= 15 is 0 Å². The molecule has 0 aliphatic heterocycles. The maximum atomic E-state index is 12.0. The van der Waals surface area contributed by atoms with Crippen LogP contribution in [0.1, 0.15) is 5.56 Å². The molecule has 2 aromatic heterocycles. The van der Waals surface area contributed by atoms with Crippen LogP contribution in [-0.4, -0.2) is 31.8 Å². The van der Waals surface area contributed by atoms with Gasteiger partial charge in [0.05, 0.1) is 20.8 Å². The van der Waals surface area contributed by atoms with Crippen LogP contribution in [0, 0.1) is 0 Å². The summed E-state index contributed by atoms with van der Waals surface area (Å²) in [6.07, 6.45) is 1.78. The fraction of sp³-hybridized carbons (Fsp3) is 0.188. The van der Waals surface area contributed by atoms with Crippen LogP contribution >= 0.6 is 11.3 Å². The number of hydrogen-bond acceptors (Lipinski definition) is 5. The van der Waals surface area contributed by atoms with Crippen molar-refractivity contribution in [2.45, 2.75) is 11.4 Å². The topological polar surface area (TPSA) is 62.3 Å². The number of benzene rings is 1. The van der Waals surface area contributed by atoms with Gasteiger partial charge in [0.15, 0.2) is 0 Å². The Kier molecular flexibility index (Phi) is 4.34. The average molecular weight is 347 g/mol. The Hall–Kier alpha value is -1.96. The molecule has 0 amide bonds. The van der Waals surface area contributed by atoms with E-state index in [1.54, 1.807) is 29.7 Å². The van der Waals surface area contributed by atoms with Crippen LogP contribution in [0.25, 0.3) is 10.2 Å². The van der Waals surface area contributed by atoms with Gasteiger partial charge in [-0.15, -0.1) is 11.3 Å². The maximum Gasteiger partial charge on any atom is 0.242 e. The van der Waals surface area contributed by atoms with Gasteiger partial charge in [-0.05, 0) is 35.2 Å². The Morgan fingerprint density at radius 3 is 2.57 bits per heavy atom. The third-order valence-corrected chi connectivity index (χ3v) is 6.30. The SMILES string of the molecule is CN(C)S(=O)(=O)c1ccc(CNc2ccnc3ccsc23)cc1. The molecule has 23 heavy (non-hydrogen) atoms. The van der Waals surface area contributed by atoms with Crippen molar-refractivity contribution in [2.75, 3.05) is 19.4 Å². The van der Waals surface area contributed by atoms with Crippen LogP contribution in [0.2, 0.25) is 0 Å². The summed E-state index contributed by atoms with van der Waals surface area (Å²) >= 11 is 1.65. The molecule has 0 fully saturated rings. The molecular formula is C16H17N3O2S2. The number of fused-ring (bicyclic) bond motifs is 1. The molecule has 120 valence electrons. The Morgan fingerprint density at radius 2 is 1.87 bits per heavy atom. The van der Waals surface area contributed by atoms with Crippen molar-refractivity contribution in [1.82, 2.24) is 9.29 Å². The highest BCUT2D eigenvalue weighted by Crippen LogP contribution is 2.27. The zero-order chi connectivity index (χ0) is 16.4. The third kappa shape index (κ3) is 3.21. The van der Waals surface area contributed by atoms with Gasteiger partial charge in [0.2, 0.25) is 10.0 Å². The van der Waals surface area contributed by atoms with Gasteiger partial charge in [-0.1, -0.05) is 12.1 Å². The lowest BCUT2D eigenvalue weighted by Crippen LogP contribution is -2.22. The molecule has 0 atom stereocenters. The molecule has 0 saturated heterocycles. The lowest BCUT2D eigenvalue weighted by Gasteiger charge is -2.12. The second-order valence-corrected chi connectivity index (χ2v) is 8.35. The van der Waals surface area contributed by atoms with Crippen LogP contribution in [0.5, 0.6) is 0 Å². The molecule has 0 radical (unpaired) electrons. The van der Waals surface area contributed by atoms with E-state index in [2.05, 4.69) is 10.3 Å². The molecule has 3 rings (SSSR count). The molecule has 2 heterocycles. The average Bonchev–Trinajstić information content (AvgIpc) is 3.02. The first-order chi connectivity index (χ1) is 11.0. The molecule has 3 aromatic rings. The van der Waals surface area contributed by atoms with Gasteiger partial charge in [0.25, 0.3) is 0 Å².